The van der Waals surface area contributed by atoms with Crippen molar-refractivity contribution < 1.29 is 14.7 Å². The Hall–Kier alpha value is -0.170. The van der Waals surface area contributed by atoms with E-state index < -0.39 is 12.0 Å². The molecule has 0 bridgehead atoms. The van der Waals surface area contributed by atoms with Crippen molar-refractivity contribution >= 4 is 32.4 Å². The van der Waals surface area contributed by atoms with Crippen LogP contribution in [0.25, 0.3) is 0 Å². The molecule has 0 aliphatic carbocycles. The van der Waals surface area contributed by atoms with Crippen molar-refractivity contribution in [2.24, 2.45) is 0 Å². The summed E-state index contributed by atoms with van der Waals surface area (Å²) in [6, 6.07) is -0.603. The Kier molecular flexibility index (Phi) is 5.39. The van der Waals surface area contributed by atoms with Crippen molar-refractivity contribution in [1.82, 2.24) is 5.32 Å². The van der Waals surface area contributed by atoms with Crippen LogP contribution >= 0.6 is 22.6 Å². The molecule has 2 N–H and O–H groups in total. The third-order valence-corrected chi connectivity index (χ3v) is 1.82. The van der Waals surface area contributed by atoms with Crippen LogP contribution in [0, 0.1) is 0 Å². The van der Waals surface area contributed by atoms with Gasteiger partial charge in [0.1, 0.15) is 6.04 Å². The first kappa shape index (κ1) is 10.8. The van der Waals surface area contributed by atoms with Crippen LogP contribution in [0.1, 0.15) is 12.8 Å². The monoisotopic (exact) mass is 271 g/mol. The van der Waals surface area contributed by atoms with Crippen LogP contribution in [-0.4, -0.2) is 28.0 Å². The van der Waals surface area contributed by atoms with Crippen LogP contribution < -0.4 is 5.32 Å². The fraction of sp³-hybridized carbons (Fsp3) is 0.667. The Balaban J connectivity index is 3.70. The lowest BCUT2D eigenvalue weighted by atomic mass is 10.2. The third-order valence-electron chi connectivity index (χ3n) is 1.28. The van der Waals surface area contributed by atoms with E-state index in [0.717, 1.165) is 0 Å². The molecule has 0 fully saturated rings. The van der Waals surface area contributed by atoms with E-state index in [-0.39, 0.29) is 3.79 Å². The highest BCUT2D eigenvalue weighted by Crippen LogP contribution is 2.01. The molecule has 0 radical (unpaired) electrons. The molecule has 0 saturated heterocycles. The maximum absolute atomic E-state index is 10.5. The zero-order valence-corrected chi connectivity index (χ0v) is 8.29. The molecule has 0 heterocycles. The van der Waals surface area contributed by atoms with Crippen molar-refractivity contribution in [3.63, 3.8) is 0 Å². The number of carboxylic acids is 1. The minimum Gasteiger partial charge on any atom is -0.480 e. The Morgan fingerprint density at radius 2 is 2.18 bits per heavy atom. The number of rotatable bonds is 5. The first-order chi connectivity index (χ1) is 5.07. The molecule has 0 aliphatic rings. The number of carboxylic acid groups (broad SMARTS) is 1. The van der Waals surface area contributed by atoms with E-state index in [1.54, 1.807) is 29.6 Å². The molecule has 0 aromatic carbocycles. The Bertz CT molecular complexity index is 160. The van der Waals surface area contributed by atoms with Gasteiger partial charge in [-0.2, -0.15) is 0 Å². The minimum atomic E-state index is -0.912. The summed E-state index contributed by atoms with van der Waals surface area (Å²) in [6.45, 7) is 0. The Morgan fingerprint density at radius 1 is 1.64 bits per heavy atom. The van der Waals surface area contributed by atoms with Gasteiger partial charge in [0.15, 0.2) is 3.79 Å². The lowest BCUT2D eigenvalue weighted by Gasteiger charge is -2.08. The molecule has 64 valence electrons. The van der Waals surface area contributed by atoms with E-state index in [0.29, 0.717) is 12.8 Å². The largest absolute Gasteiger partial charge is 0.480 e. The smallest absolute Gasteiger partial charge is 0.320 e. The van der Waals surface area contributed by atoms with E-state index in [9.17, 15) is 9.59 Å². The Morgan fingerprint density at radius 3 is 2.45 bits per heavy atom. The molecular formula is C6H10INO3. The molecule has 4 nitrogen and oxygen atoms in total. The van der Waals surface area contributed by atoms with Crippen molar-refractivity contribution in [2.45, 2.75) is 18.9 Å². The normalized spacial score (nSPS) is 12.5. The molecule has 1 unspecified atom stereocenters. The van der Waals surface area contributed by atoms with Crippen LogP contribution in [0.5, 0.6) is 0 Å². The van der Waals surface area contributed by atoms with Gasteiger partial charge in [0.2, 0.25) is 0 Å². The summed E-state index contributed by atoms with van der Waals surface area (Å²) < 4.78 is -0.0101. The van der Waals surface area contributed by atoms with Crippen LogP contribution in [0.15, 0.2) is 0 Å². The molecule has 0 aliphatic heterocycles. The van der Waals surface area contributed by atoms with E-state index in [4.69, 9.17) is 5.11 Å². The van der Waals surface area contributed by atoms with Gasteiger partial charge in [-0.25, -0.2) is 0 Å². The summed E-state index contributed by atoms with van der Waals surface area (Å²) in [5, 5.41) is 11.1. The third kappa shape index (κ3) is 5.14. The highest BCUT2D eigenvalue weighted by molar-refractivity contribution is 14.1. The van der Waals surface area contributed by atoms with E-state index >= 15 is 0 Å². The standard InChI is InChI=1S/C6H10INO3/c1-8-4(6(10)11)2-3-5(7)9/h4,8H,2-3H2,1H3,(H,10,11). The number of aliphatic carboxylic acids is 1. The van der Waals surface area contributed by atoms with Gasteiger partial charge in [0.25, 0.3) is 0 Å². The van der Waals surface area contributed by atoms with Crippen molar-refractivity contribution in [3.8, 4) is 0 Å². The van der Waals surface area contributed by atoms with Gasteiger partial charge < -0.3 is 10.4 Å². The highest BCUT2D eigenvalue weighted by Gasteiger charge is 2.14. The lowest BCUT2D eigenvalue weighted by molar-refractivity contribution is -0.139. The van der Waals surface area contributed by atoms with Gasteiger partial charge in [0.05, 0.1) is 0 Å². The average Bonchev–Trinajstić information content (AvgIpc) is 1.87. The zero-order chi connectivity index (χ0) is 8.85. The van der Waals surface area contributed by atoms with Gasteiger partial charge >= 0.3 is 5.97 Å². The number of hydrogen-bond acceptors (Lipinski definition) is 3. The second kappa shape index (κ2) is 5.48. The van der Waals surface area contributed by atoms with E-state index in [2.05, 4.69) is 5.32 Å². The average molecular weight is 271 g/mol. The molecule has 0 aromatic rings. The topological polar surface area (TPSA) is 66.4 Å². The van der Waals surface area contributed by atoms with Gasteiger partial charge in [-0.3, -0.25) is 9.59 Å². The highest BCUT2D eigenvalue weighted by atomic mass is 127. The van der Waals surface area contributed by atoms with Gasteiger partial charge in [-0.1, -0.05) is 0 Å². The van der Waals surface area contributed by atoms with Crippen molar-refractivity contribution in [2.75, 3.05) is 7.05 Å². The Labute approximate surface area is 78.5 Å². The molecular weight excluding hydrogens is 261 g/mol. The predicted molar refractivity (Wildman–Crippen MR) is 48.7 cm³/mol. The van der Waals surface area contributed by atoms with Crippen LogP contribution in [-0.2, 0) is 9.59 Å². The number of nitrogens with one attached hydrogen (secondary N) is 1. The molecule has 5 heteroatoms. The first-order valence-electron chi connectivity index (χ1n) is 3.16. The first-order valence-corrected chi connectivity index (χ1v) is 4.24. The minimum absolute atomic E-state index is 0.0101. The second-order valence-corrected chi connectivity index (χ2v) is 3.28. The predicted octanol–water partition coefficient (Wildman–Crippen LogP) is 0.401. The van der Waals surface area contributed by atoms with Crippen LogP contribution in [0.2, 0.25) is 0 Å². The second-order valence-electron chi connectivity index (χ2n) is 2.07. The summed E-state index contributed by atoms with van der Waals surface area (Å²) >= 11 is 1.66. The zero-order valence-electron chi connectivity index (χ0n) is 6.13. The lowest BCUT2D eigenvalue weighted by Crippen LogP contribution is -2.33. The molecule has 0 rings (SSSR count). The summed E-state index contributed by atoms with van der Waals surface area (Å²) in [5.74, 6) is -0.912. The maximum atomic E-state index is 10.5. The number of carbonyl (C=O) groups is 2. The van der Waals surface area contributed by atoms with Crippen LogP contribution in [0.3, 0.4) is 0 Å². The summed E-state index contributed by atoms with van der Waals surface area (Å²) in [4.78, 5) is 20.8. The maximum Gasteiger partial charge on any atom is 0.320 e. The fourth-order valence-electron chi connectivity index (χ4n) is 0.649. The molecule has 11 heavy (non-hydrogen) atoms. The van der Waals surface area contributed by atoms with Gasteiger partial charge in [0, 0.05) is 6.42 Å². The molecule has 0 amide bonds. The van der Waals surface area contributed by atoms with Crippen LogP contribution in [0.4, 0.5) is 0 Å². The molecule has 1 atom stereocenters. The number of carbonyl (C=O) groups excluding carboxylic acids is 1. The van der Waals surface area contributed by atoms with Gasteiger partial charge in [-0.15, -0.1) is 0 Å². The number of halogens is 1. The van der Waals surface area contributed by atoms with Crippen molar-refractivity contribution in [3.05, 3.63) is 0 Å². The number of likely N-dealkylation sites (N-methyl/N-ethyl adjacent to an activating group) is 1. The SMILES string of the molecule is CNC(CCC(=O)I)C(=O)O. The fourth-order valence-corrected chi connectivity index (χ4v) is 0.961. The summed E-state index contributed by atoms with van der Waals surface area (Å²) in [7, 11) is 1.57. The molecule has 0 aromatic heterocycles. The number of hydrogen-bond donors (Lipinski definition) is 2. The summed E-state index contributed by atoms with van der Waals surface area (Å²) in [5.41, 5.74) is 0. The van der Waals surface area contributed by atoms with E-state index in [1.807, 2.05) is 0 Å². The molecule has 0 saturated carbocycles. The van der Waals surface area contributed by atoms with E-state index in [1.165, 1.54) is 0 Å². The summed E-state index contributed by atoms with van der Waals surface area (Å²) in [6.07, 6.45) is 0.659. The van der Waals surface area contributed by atoms with Gasteiger partial charge in [-0.05, 0) is 36.1 Å². The molecule has 0 spiro atoms. The van der Waals surface area contributed by atoms with Crippen molar-refractivity contribution in [1.29, 1.82) is 0 Å². The quantitative estimate of drug-likeness (QED) is 0.561.